The Hall–Kier alpha value is -2.03. The Morgan fingerprint density at radius 2 is 2.15 bits per heavy atom. The molecule has 0 aliphatic carbocycles. The van der Waals surface area contributed by atoms with Gasteiger partial charge in [-0.05, 0) is 12.5 Å². The van der Waals surface area contributed by atoms with Crippen molar-refractivity contribution in [1.29, 1.82) is 0 Å². The molecule has 108 valence electrons. The summed E-state index contributed by atoms with van der Waals surface area (Å²) in [6.07, 6.45) is 0.171. The maximum atomic E-state index is 13.5. The summed E-state index contributed by atoms with van der Waals surface area (Å²) in [5.41, 5.74) is -0.686. The number of anilines is 1. The first-order chi connectivity index (χ1) is 9.28. The van der Waals surface area contributed by atoms with Crippen molar-refractivity contribution in [1.82, 2.24) is 0 Å². The largest absolute Gasteiger partial charge is 0.323 e. The minimum Gasteiger partial charge on any atom is -0.323 e. The minimum atomic E-state index is -3.23. The third kappa shape index (κ3) is 3.10. The molecule has 0 spiro atoms. The van der Waals surface area contributed by atoms with Gasteiger partial charge in [0.25, 0.3) is 5.69 Å². The van der Waals surface area contributed by atoms with E-state index in [0.717, 1.165) is 18.2 Å². The lowest BCUT2D eigenvalue weighted by molar-refractivity contribution is -0.384. The van der Waals surface area contributed by atoms with Gasteiger partial charge in [-0.15, -0.1) is 0 Å². The summed E-state index contributed by atoms with van der Waals surface area (Å²) < 4.78 is 36.0. The maximum absolute atomic E-state index is 13.5. The summed E-state index contributed by atoms with van der Waals surface area (Å²) in [7, 11) is -3.23. The minimum absolute atomic E-state index is 0.0808. The van der Waals surface area contributed by atoms with Crippen molar-refractivity contribution in [3.8, 4) is 0 Å². The molecule has 20 heavy (non-hydrogen) atoms. The molecule has 1 fully saturated rings. The third-order valence-corrected chi connectivity index (χ3v) is 4.79. The second-order valence-electron chi connectivity index (χ2n) is 4.51. The van der Waals surface area contributed by atoms with Crippen LogP contribution in [0.1, 0.15) is 6.42 Å². The molecular weight excluding hydrogens is 291 g/mol. The predicted molar refractivity (Wildman–Crippen MR) is 68.4 cm³/mol. The lowest BCUT2D eigenvalue weighted by atomic mass is 10.1. The number of non-ortho nitro benzene ring substituents is 1. The summed E-state index contributed by atoms with van der Waals surface area (Å²) in [6, 6.07) is 2.75. The molecule has 1 aliphatic heterocycles. The number of rotatable bonds is 3. The average molecular weight is 302 g/mol. The number of hydrogen-bond acceptors (Lipinski definition) is 5. The lowest BCUT2D eigenvalue weighted by Gasteiger charge is -2.10. The van der Waals surface area contributed by atoms with Gasteiger partial charge in [-0.2, -0.15) is 0 Å². The molecular formula is C11H11FN2O5S. The highest BCUT2D eigenvalue weighted by Gasteiger charge is 2.33. The number of carbonyl (C=O) groups is 1. The highest BCUT2D eigenvalue weighted by Crippen LogP contribution is 2.24. The van der Waals surface area contributed by atoms with E-state index in [2.05, 4.69) is 5.32 Å². The molecule has 1 atom stereocenters. The Morgan fingerprint density at radius 1 is 1.45 bits per heavy atom. The monoisotopic (exact) mass is 302 g/mol. The molecule has 1 amide bonds. The number of sulfone groups is 1. The van der Waals surface area contributed by atoms with E-state index in [1.807, 2.05) is 0 Å². The molecule has 1 unspecified atom stereocenters. The molecule has 0 bridgehead atoms. The molecule has 0 saturated carbocycles. The zero-order valence-corrected chi connectivity index (χ0v) is 11.0. The molecule has 9 heteroatoms. The summed E-state index contributed by atoms with van der Waals surface area (Å²) >= 11 is 0. The Balaban J connectivity index is 2.16. The van der Waals surface area contributed by atoms with Crippen molar-refractivity contribution >= 4 is 27.1 Å². The van der Waals surface area contributed by atoms with E-state index in [9.17, 15) is 27.7 Å². The number of hydrogen-bond donors (Lipinski definition) is 1. The van der Waals surface area contributed by atoms with Gasteiger partial charge < -0.3 is 5.32 Å². The number of nitro groups is 1. The first-order valence-corrected chi connectivity index (χ1v) is 7.56. The number of nitrogens with one attached hydrogen (secondary N) is 1. The summed E-state index contributed by atoms with van der Waals surface area (Å²) in [6.45, 7) is 0. The van der Waals surface area contributed by atoms with Gasteiger partial charge in [0.05, 0.1) is 28.0 Å². The maximum Gasteiger partial charge on any atom is 0.271 e. The van der Waals surface area contributed by atoms with Gasteiger partial charge in [0.1, 0.15) is 5.82 Å². The van der Waals surface area contributed by atoms with E-state index in [1.54, 1.807) is 0 Å². The fraction of sp³-hybridized carbons (Fsp3) is 0.364. The lowest BCUT2D eigenvalue weighted by Crippen LogP contribution is -2.24. The van der Waals surface area contributed by atoms with E-state index < -0.39 is 32.4 Å². The number of amides is 1. The fourth-order valence-electron chi connectivity index (χ4n) is 1.96. The van der Waals surface area contributed by atoms with Gasteiger partial charge >= 0.3 is 0 Å². The second-order valence-corrected chi connectivity index (χ2v) is 6.74. The van der Waals surface area contributed by atoms with Crippen molar-refractivity contribution in [3.63, 3.8) is 0 Å². The van der Waals surface area contributed by atoms with Gasteiger partial charge in [-0.25, -0.2) is 12.8 Å². The second kappa shape index (κ2) is 5.16. The summed E-state index contributed by atoms with van der Waals surface area (Å²) in [5, 5.41) is 12.8. The zero-order chi connectivity index (χ0) is 14.9. The van der Waals surface area contributed by atoms with Crippen LogP contribution in [0.2, 0.25) is 0 Å². The number of carbonyl (C=O) groups excluding carboxylic acids is 1. The van der Waals surface area contributed by atoms with Gasteiger partial charge in [-0.1, -0.05) is 0 Å². The Labute approximate surface area is 113 Å². The molecule has 0 radical (unpaired) electrons. The van der Waals surface area contributed by atoms with Gasteiger partial charge in [0, 0.05) is 12.1 Å². The van der Waals surface area contributed by atoms with Crippen LogP contribution in [0.15, 0.2) is 18.2 Å². The first-order valence-electron chi connectivity index (χ1n) is 5.74. The van der Waals surface area contributed by atoms with Crippen LogP contribution >= 0.6 is 0 Å². The van der Waals surface area contributed by atoms with Gasteiger partial charge in [-0.3, -0.25) is 14.9 Å². The number of benzene rings is 1. The van der Waals surface area contributed by atoms with Gasteiger partial charge in [0.15, 0.2) is 9.84 Å². The summed E-state index contributed by atoms with van der Waals surface area (Å²) in [5.74, 6) is -2.58. The summed E-state index contributed by atoms with van der Waals surface area (Å²) in [4.78, 5) is 21.7. The molecule has 7 nitrogen and oxygen atoms in total. The van der Waals surface area contributed by atoms with Crippen LogP contribution < -0.4 is 5.32 Å². The SMILES string of the molecule is O=C(Nc1cc([N+](=O)[O-])ccc1F)C1CCS(=O)(=O)C1. The predicted octanol–water partition coefficient (Wildman–Crippen LogP) is 1.11. The van der Waals surface area contributed by atoms with Crippen molar-refractivity contribution in [2.75, 3.05) is 16.8 Å². The van der Waals surface area contributed by atoms with E-state index in [0.29, 0.717) is 0 Å². The van der Waals surface area contributed by atoms with Crippen LogP contribution in [0.25, 0.3) is 0 Å². The Morgan fingerprint density at radius 3 is 2.70 bits per heavy atom. The molecule has 1 aliphatic rings. The van der Waals surface area contributed by atoms with Crippen LogP contribution in [-0.4, -0.2) is 30.8 Å². The number of nitrogens with zero attached hydrogens (tertiary/aromatic N) is 1. The van der Waals surface area contributed by atoms with Crippen molar-refractivity contribution in [2.45, 2.75) is 6.42 Å². The van der Waals surface area contributed by atoms with Crippen LogP contribution in [0.4, 0.5) is 15.8 Å². The topological polar surface area (TPSA) is 106 Å². The molecule has 1 heterocycles. The van der Waals surface area contributed by atoms with Crippen LogP contribution in [0.3, 0.4) is 0 Å². The van der Waals surface area contributed by atoms with Crippen molar-refractivity contribution in [3.05, 3.63) is 34.1 Å². The number of nitro benzene ring substituents is 1. The molecule has 2 rings (SSSR count). The Kier molecular flexibility index (Phi) is 3.71. The first kappa shape index (κ1) is 14.4. The molecule has 0 aromatic heterocycles. The molecule has 1 aromatic rings. The smallest absolute Gasteiger partial charge is 0.271 e. The standard InChI is InChI=1S/C11H11FN2O5S/c12-9-2-1-8(14(16)17)5-10(9)13-11(15)7-3-4-20(18,19)6-7/h1-2,5,7H,3-4,6H2,(H,13,15). The highest BCUT2D eigenvalue weighted by atomic mass is 32.2. The zero-order valence-electron chi connectivity index (χ0n) is 10.2. The van der Waals surface area contributed by atoms with Gasteiger partial charge in [0.2, 0.25) is 5.91 Å². The van der Waals surface area contributed by atoms with E-state index in [1.165, 1.54) is 0 Å². The fourth-order valence-corrected chi connectivity index (χ4v) is 3.70. The third-order valence-electron chi connectivity index (χ3n) is 3.02. The van der Waals surface area contributed by atoms with E-state index in [4.69, 9.17) is 0 Å². The molecule has 1 aromatic carbocycles. The Bertz CT molecular complexity index is 673. The van der Waals surface area contributed by atoms with Crippen LogP contribution in [-0.2, 0) is 14.6 Å². The van der Waals surface area contributed by atoms with E-state index in [-0.39, 0.29) is 29.3 Å². The highest BCUT2D eigenvalue weighted by molar-refractivity contribution is 7.91. The average Bonchev–Trinajstić information content (AvgIpc) is 2.72. The quantitative estimate of drug-likeness (QED) is 0.665. The van der Waals surface area contributed by atoms with Crippen molar-refractivity contribution in [2.24, 2.45) is 5.92 Å². The molecule has 1 N–H and O–H groups in total. The number of halogens is 1. The van der Waals surface area contributed by atoms with Crippen LogP contribution in [0, 0.1) is 21.8 Å². The molecule has 1 saturated heterocycles. The van der Waals surface area contributed by atoms with E-state index >= 15 is 0 Å². The van der Waals surface area contributed by atoms with Crippen LogP contribution in [0.5, 0.6) is 0 Å². The van der Waals surface area contributed by atoms with Crippen molar-refractivity contribution < 1.29 is 22.5 Å². The normalized spacial score (nSPS) is 20.6.